The van der Waals surface area contributed by atoms with Gasteiger partial charge in [0.05, 0.1) is 26.4 Å². The van der Waals surface area contributed by atoms with Gasteiger partial charge in [-0.05, 0) is 75.0 Å². The quantitative estimate of drug-likeness (QED) is 0.0257. The normalized spacial score (nSPS) is 11.8. The third-order valence-corrected chi connectivity index (χ3v) is 18.4. The second kappa shape index (κ2) is 83.9. The smallest absolute Gasteiger partial charge is 0.330 e. The van der Waals surface area contributed by atoms with Crippen molar-refractivity contribution in [3.8, 4) is 0 Å². The molecule has 0 saturated heterocycles. The van der Waals surface area contributed by atoms with Crippen LogP contribution in [0.4, 0.5) is 0 Å². The minimum atomic E-state index is -0.293. The summed E-state index contributed by atoms with van der Waals surface area (Å²) in [4.78, 5) is 44.2. The van der Waals surface area contributed by atoms with Crippen LogP contribution in [0.1, 0.15) is 415 Å². The maximum absolute atomic E-state index is 11.1. The fourth-order valence-electron chi connectivity index (χ4n) is 12.4. The summed E-state index contributed by atoms with van der Waals surface area (Å²) in [5, 5.41) is 0. The molecule has 0 aliphatic heterocycles. The third kappa shape index (κ3) is 81.1. The average Bonchev–Trinajstić information content (AvgIpc) is 3.76. The summed E-state index contributed by atoms with van der Waals surface area (Å²) in [6.45, 7) is 34.1. The molecule has 0 N–H and O–H groups in total. The minimum Gasteiger partial charge on any atom is -0.463 e. The lowest BCUT2D eigenvalue weighted by molar-refractivity contribution is -0.138. The third-order valence-electron chi connectivity index (χ3n) is 18.4. The maximum atomic E-state index is 11.1. The first-order valence-corrected chi connectivity index (χ1v) is 40.1. The Morgan fingerprint density at radius 3 is 0.467 bits per heavy atom. The molecule has 0 bridgehead atoms. The zero-order valence-electron chi connectivity index (χ0n) is 63.1. The van der Waals surface area contributed by atoms with Crippen LogP contribution in [0.3, 0.4) is 0 Å². The Morgan fingerprint density at radius 2 is 0.326 bits per heavy atom. The van der Waals surface area contributed by atoms with Crippen molar-refractivity contribution in [2.24, 2.45) is 23.7 Å². The van der Waals surface area contributed by atoms with E-state index in [0.717, 1.165) is 49.4 Å². The van der Waals surface area contributed by atoms with Gasteiger partial charge in [0, 0.05) is 24.3 Å². The molecule has 0 heterocycles. The van der Waals surface area contributed by atoms with Crippen LogP contribution in [0, 0.1) is 23.7 Å². The number of hydrogen-bond donors (Lipinski definition) is 0. The monoisotopic (exact) mass is 1300 g/mol. The van der Waals surface area contributed by atoms with Crippen LogP contribution in [-0.4, -0.2) is 50.3 Å². The van der Waals surface area contributed by atoms with E-state index < -0.39 is 0 Å². The van der Waals surface area contributed by atoms with Crippen molar-refractivity contribution in [2.75, 3.05) is 26.4 Å². The van der Waals surface area contributed by atoms with Crippen molar-refractivity contribution in [3.63, 3.8) is 0 Å². The molecule has 8 heteroatoms. The first-order chi connectivity index (χ1) is 45.0. The van der Waals surface area contributed by atoms with E-state index in [4.69, 9.17) is 18.9 Å². The van der Waals surface area contributed by atoms with E-state index >= 15 is 0 Å². The van der Waals surface area contributed by atoms with E-state index in [-0.39, 0.29) is 23.9 Å². The number of esters is 4. The van der Waals surface area contributed by atoms with E-state index in [0.29, 0.717) is 26.4 Å². The zero-order valence-corrected chi connectivity index (χ0v) is 63.1. The molecule has 0 amide bonds. The van der Waals surface area contributed by atoms with Gasteiger partial charge in [-0.15, -0.1) is 0 Å². The standard InChI is InChI=1S/C22H42O2.2C21H40O2.C20H38O2/c1-4-7-9-11-13-15-18-21(17-14-12-10-8-5-2)19-16-20-24-22(23)6-3;1-4-7-9-11-12-14-17-20(16-13-10-8-5-2)18-15-19-23-21(22)6-3;1-4-7-9-11-13-16-20(17-14-12-10-8-5-2)18-15-19-23-21(22)6-3;1-4-7-9-11-13-16-19(15-12-10-8-5-2)17-14-18-22-20(21)6-3/h6,21H,3-5,7-20H2,1-2H3;2*6,20H,3-5,7-19H2,1-2H3;6,19H,3-5,7-18H2,1-2H3. The van der Waals surface area contributed by atoms with E-state index in [2.05, 4.69) is 81.7 Å². The van der Waals surface area contributed by atoms with Crippen molar-refractivity contribution < 1.29 is 38.1 Å². The number of carbonyl (C=O) groups is 4. The van der Waals surface area contributed by atoms with Crippen molar-refractivity contribution in [1.82, 2.24) is 0 Å². The molecule has 0 aromatic heterocycles. The Balaban J connectivity index is -0.000000561. The van der Waals surface area contributed by atoms with Gasteiger partial charge in [-0.25, -0.2) is 19.2 Å². The summed E-state index contributed by atoms with van der Waals surface area (Å²) in [6, 6.07) is 0. The molecule has 0 aromatic rings. The second-order valence-electron chi connectivity index (χ2n) is 27.1. The van der Waals surface area contributed by atoms with E-state index in [1.54, 1.807) is 0 Å². The highest BCUT2D eigenvalue weighted by Gasteiger charge is 2.14. The molecule has 8 nitrogen and oxygen atoms in total. The second-order valence-corrected chi connectivity index (χ2v) is 27.1. The van der Waals surface area contributed by atoms with Crippen LogP contribution in [0.2, 0.25) is 0 Å². The Labute approximate surface area is 574 Å². The van der Waals surface area contributed by atoms with Gasteiger partial charge in [0.25, 0.3) is 0 Å². The van der Waals surface area contributed by atoms with E-state index in [1.165, 1.54) is 358 Å². The van der Waals surface area contributed by atoms with Gasteiger partial charge in [0.2, 0.25) is 0 Å². The van der Waals surface area contributed by atoms with Gasteiger partial charge in [0.15, 0.2) is 0 Å². The maximum Gasteiger partial charge on any atom is 0.330 e. The molecule has 3 atom stereocenters. The van der Waals surface area contributed by atoms with Gasteiger partial charge in [-0.2, -0.15) is 0 Å². The van der Waals surface area contributed by atoms with Crippen molar-refractivity contribution in [3.05, 3.63) is 50.6 Å². The summed E-state index contributed by atoms with van der Waals surface area (Å²) in [5.74, 6) is 2.12. The van der Waals surface area contributed by atoms with E-state index in [1.807, 2.05) is 0 Å². The Bertz CT molecular complexity index is 1530. The highest BCUT2D eigenvalue weighted by atomic mass is 16.5. The van der Waals surface area contributed by atoms with Gasteiger partial charge < -0.3 is 18.9 Å². The Hall–Kier alpha value is -3.16. The van der Waals surface area contributed by atoms with Crippen molar-refractivity contribution in [2.45, 2.75) is 415 Å². The molecule has 544 valence electrons. The Kier molecular flexibility index (Phi) is 86.9. The Morgan fingerprint density at radius 1 is 0.207 bits per heavy atom. The van der Waals surface area contributed by atoms with Gasteiger partial charge in [0.1, 0.15) is 0 Å². The minimum absolute atomic E-state index is 0.290. The topological polar surface area (TPSA) is 105 Å². The largest absolute Gasteiger partial charge is 0.463 e. The fourth-order valence-corrected chi connectivity index (χ4v) is 12.4. The van der Waals surface area contributed by atoms with Gasteiger partial charge >= 0.3 is 23.9 Å². The van der Waals surface area contributed by atoms with Crippen LogP contribution in [0.15, 0.2) is 50.6 Å². The lowest BCUT2D eigenvalue weighted by Gasteiger charge is -2.17. The van der Waals surface area contributed by atoms with Crippen molar-refractivity contribution in [1.29, 1.82) is 0 Å². The molecule has 3 unspecified atom stereocenters. The number of hydrogen-bond acceptors (Lipinski definition) is 8. The number of rotatable bonds is 68. The van der Waals surface area contributed by atoms with Crippen LogP contribution < -0.4 is 0 Å². The molecular formula is C84H160O8. The van der Waals surface area contributed by atoms with Gasteiger partial charge in [-0.1, -0.05) is 390 Å². The summed E-state index contributed by atoms with van der Waals surface area (Å²) in [6.07, 6.45) is 79.2. The number of carbonyl (C=O) groups excluding carboxylic acids is 4. The van der Waals surface area contributed by atoms with Crippen LogP contribution >= 0.6 is 0 Å². The highest BCUT2D eigenvalue weighted by molar-refractivity contribution is 5.82. The SMILES string of the molecule is C=CC(=O)OCCCC(CCCCCC)CCCCCCC.C=CC(=O)OCCCC(CCCCCC)CCCCCCCC.C=CC(=O)OCCCC(CCCCCCC)CCCCCCC.C=CC(=O)OCCCC(CCCCCCC)CCCCCCCC. The number of unbranched alkanes of at least 4 members (excludes halogenated alkanes) is 32. The van der Waals surface area contributed by atoms with Gasteiger partial charge in [-0.3, -0.25) is 0 Å². The average molecular weight is 1300 g/mol. The summed E-state index contributed by atoms with van der Waals surface area (Å²) in [5.41, 5.74) is 0. The predicted molar refractivity (Wildman–Crippen MR) is 403 cm³/mol. The molecule has 0 saturated carbocycles. The first-order valence-electron chi connectivity index (χ1n) is 40.1. The van der Waals surface area contributed by atoms with Crippen LogP contribution in [0.25, 0.3) is 0 Å². The first kappa shape index (κ1) is 95.2. The molecule has 0 radical (unpaired) electrons. The molecule has 0 aliphatic carbocycles. The molecule has 92 heavy (non-hydrogen) atoms. The van der Waals surface area contributed by atoms with E-state index in [9.17, 15) is 19.2 Å². The highest BCUT2D eigenvalue weighted by Crippen LogP contribution is 2.27. The molecule has 0 aliphatic rings. The zero-order chi connectivity index (χ0) is 68.7. The predicted octanol–water partition coefficient (Wildman–Crippen LogP) is 27.3. The molecular weight excluding hydrogens is 1140 g/mol. The lowest BCUT2D eigenvalue weighted by Crippen LogP contribution is -2.06. The summed E-state index contributed by atoms with van der Waals surface area (Å²) in [7, 11) is 0. The molecule has 0 rings (SSSR count). The molecule has 0 spiro atoms. The van der Waals surface area contributed by atoms with Crippen LogP contribution in [0.5, 0.6) is 0 Å². The lowest BCUT2D eigenvalue weighted by atomic mass is 9.90. The summed E-state index contributed by atoms with van der Waals surface area (Å²) < 4.78 is 20.4. The fraction of sp³-hybridized carbons (Fsp3) is 0.857. The molecule has 0 aromatic carbocycles. The van der Waals surface area contributed by atoms with Crippen LogP contribution in [-0.2, 0) is 38.1 Å². The summed E-state index contributed by atoms with van der Waals surface area (Å²) >= 11 is 0. The van der Waals surface area contributed by atoms with Crippen molar-refractivity contribution >= 4 is 23.9 Å². The molecule has 0 fully saturated rings. The number of ether oxygens (including phenoxy) is 4.